The Balaban J connectivity index is 2.36. The number of benzene rings is 2. The highest BCUT2D eigenvalue weighted by Crippen LogP contribution is 2.33. The number of alkyl halides is 2. The Bertz CT molecular complexity index is 733. The molecule has 0 saturated carbocycles. The Morgan fingerprint density at radius 1 is 1.05 bits per heavy atom. The molecule has 2 aromatic rings. The molecule has 21 heavy (non-hydrogen) atoms. The molecule has 0 aliphatic carbocycles. The molecule has 0 aromatic heterocycles. The minimum absolute atomic E-state index is 0.127. The summed E-state index contributed by atoms with van der Waals surface area (Å²) in [6.07, 6.45) is 0. The van der Waals surface area contributed by atoms with Crippen LogP contribution in [0.25, 0.3) is 0 Å². The van der Waals surface area contributed by atoms with Crippen LogP contribution in [0.15, 0.2) is 58.3 Å². The molecule has 0 heterocycles. The molecule has 2 rings (SSSR count). The molecule has 0 spiro atoms. The Labute approximate surface area is 126 Å². The van der Waals surface area contributed by atoms with Crippen LogP contribution in [-0.2, 0) is 10.0 Å². The highest BCUT2D eigenvalue weighted by Gasteiger charge is 2.19. The predicted molar refractivity (Wildman–Crippen MR) is 80.3 cm³/mol. The van der Waals surface area contributed by atoms with Crippen LogP contribution in [0.3, 0.4) is 0 Å². The molecule has 7 heteroatoms. The molecule has 112 valence electrons. The Morgan fingerprint density at radius 2 is 1.67 bits per heavy atom. The first-order chi connectivity index (χ1) is 9.90. The highest BCUT2D eigenvalue weighted by molar-refractivity contribution is 7.99. The van der Waals surface area contributed by atoms with Crippen molar-refractivity contribution in [2.24, 2.45) is 0 Å². The van der Waals surface area contributed by atoms with Crippen LogP contribution in [0, 0.1) is 6.92 Å². The zero-order chi connectivity index (χ0) is 15.5. The lowest BCUT2D eigenvalue weighted by Gasteiger charge is -2.13. The topological polar surface area (TPSA) is 46.2 Å². The minimum Gasteiger partial charge on any atom is -0.278 e. The molecular weight excluding hydrogens is 316 g/mol. The van der Waals surface area contributed by atoms with Gasteiger partial charge < -0.3 is 0 Å². The van der Waals surface area contributed by atoms with Crippen molar-refractivity contribution < 1.29 is 17.2 Å². The predicted octanol–water partition coefficient (Wildman–Crippen LogP) is 4.11. The Hall–Kier alpha value is -1.60. The number of hydrogen-bond acceptors (Lipinski definition) is 3. The van der Waals surface area contributed by atoms with Gasteiger partial charge in [-0.3, -0.25) is 4.72 Å². The smallest absolute Gasteiger partial charge is 0.278 e. The van der Waals surface area contributed by atoms with E-state index in [0.717, 1.165) is 0 Å². The quantitative estimate of drug-likeness (QED) is 0.840. The molecule has 0 aliphatic heterocycles. The Kier molecular flexibility index (Phi) is 4.84. The maximum Gasteiger partial charge on any atom is 0.288 e. The fourth-order valence-corrected chi connectivity index (χ4v) is 3.79. The van der Waals surface area contributed by atoms with Gasteiger partial charge in [0.15, 0.2) is 0 Å². The summed E-state index contributed by atoms with van der Waals surface area (Å²) in [4.78, 5) is 0.312. The second kappa shape index (κ2) is 6.44. The summed E-state index contributed by atoms with van der Waals surface area (Å²) in [5.74, 6) is -2.62. The van der Waals surface area contributed by atoms with Crippen molar-refractivity contribution in [3.8, 4) is 0 Å². The fraction of sp³-hybridized carbons (Fsp3) is 0.143. The second-order valence-electron chi connectivity index (χ2n) is 4.25. The van der Waals surface area contributed by atoms with E-state index in [1.165, 1.54) is 18.2 Å². The van der Waals surface area contributed by atoms with Crippen LogP contribution in [0.5, 0.6) is 0 Å². The van der Waals surface area contributed by atoms with Gasteiger partial charge in [0.05, 0.1) is 10.6 Å². The average molecular weight is 329 g/mol. The van der Waals surface area contributed by atoms with Crippen molar-refractivity contribution in [1.82, 2.24) is 0 Å². The molecule has 0 aliphatic rings. The zero-order valence-corrected chi connectivity index (χ0v) is 12.7. The number of nitrogens with one attached hydrogen (secondary N) is 1. The second-order valence-corrected chi connectivity index (χ2v) is 6.93. The maximum atomic E-state index is 12.5. The van der Waals surface area contributed by atoms with Gasteiger partial charge in [-0.25, -0.2) is 8.42 Å². The lowest BCUT2D eigenvalue weighted by Crippen LogP contribution is -2.14. The fourth-order valence-electron chi connectivity index (χ4n) is 1.81. The molecule has 0 amide bonds. The van der Waals surface area contributed by atoms with E-state index in [0.29, 0.717) is 17.3 Å². The van der Waals surface area contributed by atoms with Gasteiger partial charge in [0.25, 0.3) is 15.8 Å². The van der Waals surface area contributed by atoms with Gasteiger partial charge in [-0.1, -0.05) is 42.1 Å². The molecule has 1 N–H and O–H groups in total. The minimum atomic E-state index is -3.81. The number of sulfonamides is 1. The first-order valence-corrected chi connectivity index (χ1v) is 8.39. The van der Waals surface area contributed by atoms with Gasteiger partial charge >= 0.3 is 0 Å². The summed E-state index contributed by atoms with van der Waals surface area (Å²) in [6, 6.07) is 12.6. The van der Waals surface area contributed by atoms with E-state index in [2.05, 4.69) is 4.72 Å². The van der Waals surface area contributed by atoms with Crippen molar-refractivity contribution in [2.45, 2.75) is 22.5 Å². The zero-order valence-electron chi connectivity index (χ0n) is 11.1. The molecule has 0 atom stereocenters. The molecule has 0 bridgehead atoms. The van der Waals surface area contributed by atoms with E-state index in [1.54, 1.807) is 37.3 Å². The van der Waals surface area contributed by atoms with Crippen molar-refractivity contribution in [1.29, 1.82) is 0 Å². The number of hydrogen-bond donors (Lipinski definition) is 1. The summed E-state index contributed by atoms with van der Waals surface area (Å²) < 4.78 is 52.1. The van der Waals surface area contributed by atoms with Gasteiger partial charge in [0.2, 0.25) is 0 Å². The van der Waals surface area contributed by atoms with Crippen molar-refractivity contribution in [3.63, 3.8) is 0 Å². The highest BCUT2D eigenvalue weighted by atomic mass is 32.2. The Morgan fingerprint density at radius 3 is 2.33 bits per heavy atom. The number of thioether (sulfide) groups is 1. The monoisotopic (exact) mass is 329 g/mol. The summed E-state index contributed by atoms with van der Waals surface area (Å²) in [7, 11) is -3.81. The van der Waals surface area contributed by atoms with Crippen LogP contribution in [0.4, 0.5) is 14.5 Å². The normalized spacial score (nSPS) is 11.6. The third-order valence-corrected chi connectivity index (χ3v) is 5.04. The number of aryl methyl sites for hydroxylation is 1. The first-order valence-electron chi connectivity index (χ1n) is 6.02. The van der Waals surface area contributed by atoms with E-state index < -0.39 is 15.8 Å². The van der Waals surface area contributed by atoms with Crippen LogP contribution < -0.4 is 4.72 Å². The maximum absolute atomic E-state index is 12.5. The third kappa shape index (κ3) is 3.95. The molecule has 3 nitrogen and oxygen atoms in total. The largest absolute Gasteiger partial charge is 0.288 e. The summed E-state index contributed by atoms with van der Waals surface area (Å²) >= 11 is 0.305. The molecular formula is C14H13F2NO2S2. The average Bonchev–Trinajstić information content (AvgIpc) is 2.40. The molecule has 2 aromatic carbocycles. The molecule has 0 unspecified atom stereocenters. The summed E-state index contributed by atoms with van der Waals surface area (Å²) in [5.41, 5.74) is 0.732. The SMILES string of the molecule is Cc1ccccc1S(=O)(=O)Nc1ccccc1SC(F)F. The van der Waals surface area contributed by atoms with Gasteiger partial charge in [-0.2, -0.15) is 8.78 Å². The molecule has 0 radical (unpaired) electrons. The van der Waals surface area contributed by atoms with E-state index in [4.69, 9.17) is 0 Å². The molecule has 0 saturated heterocycles. The summed E-state index contributed by atoms with van der Waals surface area (Å²) in [5, 5.41) is 0. The number of anilines is 1. The van der Waals surface area contributed by atoms with E-state index in [-0.39, 0.29) is 15.5 Å². The van der Waals surface area contributed by atoms with E-state index in [1.807, 2.05) is 0 Å². The van der Waals surface area contributed by atoms with Crippen LogP contribution >= 0.6 is 11.8 Å². The first kappa shape index (κ1) is 15.8. The third-order valence-electron chi connectivity index (χ3n) is 2.73. The van der Waals surface area contributed by atoms with Crippen LogP contribution in [0.1, 0.15) is 5.56 Å². The standard InChI is InChI=1S/C14H13F2NO2S2/c1-10-6-2-5-9-13(10)21(18,19)17-11-7-3-4-8-12(11)20-14(15)16/h2-9,14,17H,1H3. The van der Waals surface area contributed by atoms with Crippen LogP contribution in [-0.4, -0.2) is 14.2 Å². The lowest BCUT2D eigenvalue weighted by atomic mass is 10.2. The van der Waals surface area contributed by atoms with Crippen molar-refractivity contribution >= 4 is 27.5 Å². The summed E-state index contributed by atoms with van der Waals surface area (Å²) in [6.45, 7) is 1.67. The van der Waals surface area contributed by atoms with E-state index >= 15 is 0 Å². The van der Waals surface area contributed by atoms with Crippen molar-refractivity contribution in [2.75, 3.05) is 4.72 Å². The molecule has 0 fully saturated rings. The van der Waals surface area contributed by atoms with Crippen molar-refractivity contribution in [3.05, 3.63) is 54.1 Å². The lowest BCUT2D eigenvalue weighted by molar-refractivity contribution is 0.252. The van der Waals surface area contributed by atoms with E-state index in [9.17, 15) is 17.2 Å². The number of halogens is 2. The van der Waals surface area contributed by atoms with Gasteiger partial charge in [-0.05, 0) is 30.7 Å². The van der Waals surface area contributed by atoms with Crippen LogP contribution in [0.2, 0.25) is 0 Å². The van der Waals surface area contributed by atoms with Gasteiger partial charge in [0.1, 0.15) is 0 Å². The van der Waals surface area contributed by atoms with Gasteiger partial charge in [-0.15, -0.1) is 0 Å². The number of rotatable bonds is 5. The number of para-hydroxylation sites is 1. The van der Waals surface area contributed by atoms with Gasteiger partial charge in [0, 0.05) is 4.90 Å².